The van der Waals surface area contributed by atoms with Crippen LogP contribution in [0.3, 0.4) is 0 Å². The maximum Gasteiger partial charge on any atom is 0.289 e. The van der Waals surface area contributed by atoms with Gasteiger partial charge in [0.2, 0.25) is 0 Å². The van der Waals surface area contributed by atoms with Gasteiger partial charge in [0.1, 0.15) is 17.2 Å². The number of halogens is 1. The monoisotopic (exact) mass is 512 g/mol. The summed E-state index contributed by atoms with van der Waals surface area (Å²) >= 11 is 3.33. The van der Waals surface area contributed by atoms with Crippen molar-refractivity contribution >= 4 is 28.1 Å². The van der Waals surface area contributed by atoms with Crippen LogP contribution >= 0.6 is 15.9 Å². The van der Waals surface area contributed by atoms with E-state index in [4.69, 9.17) is 4.74 Å². The summed E-state index contributed by atoms with van der Waals surface area (Å²) in [4.78, 5) is 12.3. The fraction of sp³-hybridized carbons (Fsp3) is 0.320. The van der Waals surface area contributed by atoms with Gasteiger partial charge < -0.3 is 9.84 Å². The van der Waals surface area contributed by atoms with E-state index in [2.05, 4.69) is 43.6 Å². The molecule has 0 bridgehead atoms. The molecule has 0 fully saturated rings. The minimum Gasteiger partial charge on any atom is -0.507 e. The Morgan fingerprint density at radius 2 is 1.88 bits per heavy atom. The molecule has 7 nitrogen and oxygen atoms in total. The maximum atomic E-state index is 12.3. The van der Waals surface area contributed by atoms with Gasteiger partial charge in [0.05, 0.1) is 18.5 Å². The van der Waals surface area contributed by atoms with Gasteiger partial charge in [-0.1, -0.05) is 55.0 Å². The van der Waals surface area contributed by atoms with Crippen LogP contribution in [0, 0.1) is 0 Å². The van der Waals surface area contributed by atoms with Crippen molar-refractivity contribution in [3.63, 3.8) is 0 Å². The lowest BCUT2D eigenvalue weighted by Gasteiger charge is -2.06. The quantitative estimate of drug-likeness (QED) is 0.156. The Bertz CT molecular complexity index is 1060. The summed E-state index contributed by atoms with van der Waals surface area (Å²) in [7, 11) is 0. The van der Waals surface area contributed by atoms with E-state index in [1.165, 1.54) is 38.3 Å². The average Bonchev–Trinajstić information content (AvgIpc) is 3.31. The second kappa shape index (κ2) is 12.8. The van der Waals surface area contributed by atoms with Gasteiger partial charge in [0.25, 0.3) is 5.91 Å². The number of hydrogen-bond donors (Lipinski definition) is 3. The van der Waals surface area contributed by atoms with E-state index in [1.54, 1.807) is 24.3 Å². The highest BCUT2D eigenvalue weighted by atomic mass is 79.9. The first-order chi connectivity index (χ1) is 16.1. The molecule has 0 spiro atoms. The minimum atomic E-state index is -0.432. The molecule has 0 atom stereocenters. The molecule has 3 N–H and O–H groups in total. The number of aromatic hydroxyl groups is 1. The summed E-state index contributed by atoms with van der Waals surface area (Å²) in [6.07, 6.45) is 8.77. The van der Waals surface area contributed by atoms with Crippen molar-refractivity contribution < 1.29 is 14.6 Å². The number of benzene rings is 2. The van der Waals surface area contributed by atoms with Crippen molar-refractivity contribution in [2.24, 2.45) is 5.10 Å². The summed E-state index contributed by atoms with van der Waals surface area (Å²) < 4.78 is 6.61. The lowest BCUT2D eigenvalue weighted by atomic mass is 10.1. The van der Waals surface area contributed by atoms with Crippen LogP contribution < -0.4 is 10.2 Å². The molecule has 0 radical (unpaired) electrons. The van der Waals surface area contributed by atoms with Crippen molar-refractivity contribution in [3.05, 3.63) is 64.3 Å². The van der Waals surface area contributed by atoms with Crippen LogP contribution in [0.25, 0.3) is 11.3 Å². The average molecular weight is 513 g/mol. The van der Waals surface area contributed by atoms with Crippen LogP contribution in [0.5, 0.6) is 11.5 Å². The van der Waals surface area contributed by atoms with Gasteiger partial charge in [-0.15, -0.1) is 0 Å². The van der Waals surface area contributed by atoms with Gasteiger partial charge in [0, 0.05) is 15.6 Å². The first-order valence-corrected chi connectivity index (χ1v) is 12.0. The number of phenols is 1. The normalized spacial score (nSPS) is 11.1. The molecule has 33 heavy (non-hydrogen) atoms. The van der Waals surface area contributed by atoms with Gasteiger partial charge in [-0.2, -0.15) is 10.2 Å². The first-order valence-electron chi connectivity index (χ1n) is 11.2. The van der Waals surface area contributed by atoms with Crippen molar-refractivity contribution in [3.8, 4) is 22.8 Å². The van der Waals surface area contributed by atoms with Gasteiger partial charge in [-0.3, -0.25) is 9.89 Å². The van der Waals surface area contributed by atoms with Crippen molar-refractivity contribution in [2.45, 2.75) is 45.4 Å². The number of nitrogens with one attached hydrogen (secondary N) is 2. The van der Waals surface area contributed by atoms with E-state index in [1.807, 2.05) is 24.3 Å². The zero-order valence-corrected chi connectivity index (χ0v) is 20.3. The van der Waals surface area contributed by atoms with Crippen LogP contribution in [0.4, 0.5) is 0 Å². The highest BCUT2D eigenvalue weighted by Gasteiger charge is 2.11. The fourth-order valence-electron chi connectivity index (χ4n) is 3.23. The second-order valence-electron chi connectivity index (χ2n) is 7.71. The molecule has 3 aromatic rings. The van der Waals surface area contributed by atoms with Gasteiger partial charge in [-0.05, 0) is 55.0 Å². The molecule has 174 valence electrons. The molecule has 0 saturated heterocycles. The molecular formula is C25H29BrN4O3. The topological polar surface area (TPSA) is 99.6 Å². The van der Waals surface area contributed by atoms with Gasteiger partial charge in [0.15, 0.2) is 0 Å². The number of aromatic nitrogens is 2. The maximum absolute atomic E-state index is 12.3. The number of carbonyl (C=O) groups excluding carboxylic acids is 1. The molecule has 2 aromatic carbocycles. The highest BCUT2D eigenvalue weighted by molar-refractivity contribution is 9.10. The Kier molecular flexibility index (Phi) is 9.50. The van der Waals surface area contributed by atoms with E-state index in [-0.39, 0.29) is 11.4 Å². The number of rotatable bonds is 12. The summed E-state index contributed by atoms with van der Waals surface area (Å²) in [5.74, 6) is 0.462. The van der Waals surface area contributed by atoms with Crippen molar-refractivity contribution in [1.82, 2.24) is 15.6 Å². The summed E-state index contributed by atoms with van der Waals surface area (Å²) in [5.41, 5.74) is 4.71. The number of aromatic amines is 1. The smallest absolute Gasteiger partial charge is 0.289 e. The molecule has 0 aliphatic heterocycles. The number of H-pyrrole nitrogens is 1. The molecule has 1 heterocycles. The van der Waals surface area contributed by atoms with E-state index >= 15 is 0 Å². The number of ether oxygens (including phenoxy) is 1. The SMILES string of the molecule is CCCCCCCCOc1ccc(-c2cc(C(=O)N/N=C\c3cc(Br)ccc3O)[nH]n2)cc1. The van der Waals surface area contributed by atoms with Crippen LogP contribution in [-0.2, 0) is 0 Å². The number of nitrogens with zero attached hydrogens (tertiary/aromatic N) is 2. The van der Waals surface area contributed by atoms with Gasteiger partial charge >= 0.3 is 0 Å². The number of phenolic OH excluding ortho intramolecular Hbond substituents is 1. The second-order valence-corrected chi connectivity index (χ2v) is 8.63. The number of unbranched alkanes of at least 4 members (excludes halogenated alkanes) is 5. The first kappa shape index (κ1) is 24.5. The summed E-state index contributed by atoms with van der Waals surface area (Å²) in [6, 6.07) is 14.3. The van der Waals surface area contributed by atoms with Crippen LogP contribution in [0.15, 0.2) is 58.1 Å². The number of hydrogen-bond acceptors (Lipinski definition) is 5. The predicted molar refractivity (Wildman–Crippen MR) is 134 cm³/mol. The fourth-order valence-corrected chi connectivity index (χ4v) is 3.61. The Labute approximate surface area is 202 Å². The van der Waals surface area contributed by atoms with E-state index in [0.717, 1.165) is 28.8 Å². The highest BCUT2D eigenvalue weighted by Crippen LogP contribution is 2.22. The molecular weight excluding hydrogens is 484 g/mol. The Balaban J connectivity index is 1.48. The molecule has 1 amide bonds. The predicted octanol–water partition coefficient (Wildman–Crippen LogP) is 6.05. The number of carbonyl (C=O) groups is 1. The molecule has 1 aromatic heterocycles. The van der Waals surface area contributed by atoms with E-state index < -0.39 is 5.91 Å². The molecule has 8 heteroatoms. The molecule has 0 aliphatic carbocycles. The lowest BCUT2D eigenvalue weighted by Crippen LogP contribution is -2.18. The number of hydrazone groups is 1. The minimum absolute atomic E-state index is 0.0689. The third kappa shape index (κ3) is 7.75. The van der Waals surface area contributed by atoms with E-state index in [0.29, 0.717) is 11.3 Å². The van der Waals surface area contributed by atoms with Crippen molar-refractivity contribution in [1.29, 1.82) is 0 Å². The molecule has 0 aliphatic rings. The van der Waals surface area contributed by atoms with Crippen LogP contribution in [0.1, 0.15) is 61.5 Å². The zero-order chi connectivity index (χ0) is 23.5. The largest absolute Gasteiger partial charge is 0.507 e. The summed E-state index contributed by atoms with van der Waals surface area (Å²) in [6.45, 7) is 2.94. The molecule has 3 rings (SSSR count). The van der Waals surface area contributed by atoms with Crippen molar-refractivity contribution in [2.75, 3.05) is 6.61 Å². The molecule has 0 saturated carbocycles. The van der Waals surface area contributed by atoms with E-state index in [9.17, 15) is 9.90 Å². The summed E-state index contributed by atoms with van der Waals surface area (Å²) in [5, 5.41) is 20.7. The molecule has 0 unspecified atom stereocenters. The Hall–Kier alpha value is -3.13. The van der Waals surface area contributed by atoms with Crippen LogP contribution in [-0.4, -0.2) is 34.0 Å². The third-order valence-electron chi connectivity index (χ3n) is 5.10. The zero-order valence-electron chi connectivity index (χ0n) is 18.7. The van der Waals surface area contributed by atoms with Gasteiger partial charge in [-0.25, -0.2) is 5.43 Å². The lowest BCUT2D eigenvalue weighted by molar-refractivity contribution is 0.0950. The number of amides is 1. The third-order valence-corrected chi connectivity index (χ3v) is 5.59. The Morgan fingerprint density at radius 1 is 1.12 bits per heavy atom. The Morgan fingerprint density at radius 3 is 2.67 bits per heavy atom. The standard InChI is InChI=1S/C25H29BrN4O3/c1-2-3-4-5-6-7-14-33-21-11-8-18(9-12-21)22-16-23(29-28-22)25(32)30-27-17-19-15-20(26)10-13-24(19)31/h8-13,15-17,31H,2-7,14H2,1H3,(H,28,29)(H,30,32)/b27-17-. The van der Waals surface area contributed by atoms with Crippen LogP contribution in [0.2, 0.25) is 0 Å².